The Balaban J connectivity index is 1.60. The third-order valence-corrected chi connectivity index (χ3v) is 5.23. The van der Waals surface area contributed by atoms with Crippen LogP contribution in [-0.4, -0.2) is 10.4 Å². The Hall–Kier alpha value is -2.85. The molecule has 27 heavy (non-hydrogen) atoms. The zero-order valence-corrected chi connectivity index (χ0v) is 16.5. The van der Waals surface area contributed by atoms with Crippen LogP contribution in [0, 0.1) is 0 Å². The summed E-state index contributed by atoms with van der Waals surface area (Å²) in [5.41, 5.74) is 4.09. The average Bonchev–Trinajstić information content (AvgIpc) is 3.01. The second kappa shape index (κ2) is 7.41. The fourth-order valence-electron chi connectivity index (χ4n) is 3.41. The van der Waals surface area contributed by atoms with Gasteiger partial charge in [-0.1, -0.05) is 34.1 Å². The van der Waals surface area contributed by atoms with E-state index in [1.54, 1.807) is 12.3 Å². The van der Waals surface area contributed by atoms with Gasteiger partial charge in [0.2, 0.25) is 0 Å². The highest BCUT2D eigenvalue weighted by Crippen LogP contribution is 2.30. The van der Waals surface area contributed by atoms with E-state index >= 15 is 0 Å². The lowest BCUT2D eigenvalue weighted by Crippen LogP contribution is -1.96. The molecule has 3 aromatic carbocycles. The Morgan fingerprint density at radius 1 is 1.00 bits per heavy atom. The van der Waals surface area contributed by atoms with Gasteiger partial charge in [0, 0.05) is 56.4 Å². The molecular weight excluding hydrogens is 400 g/mol. The molecule has 134 valence electrons. The van der Waals surface area contributed by atoms with E-state index in [9.17, 15) is 4.79 Å². The van der Waals surface area contributed by atoms with E-state index in [0.717, 1.165) is 16.7 Å². The lowest BCUT2D eigenvalue weighted by atomic mass is 10.1. The molecule has 0 saturated carbocycles. The van der Waals surface area contributed by atoms with Gasteiger partial charge < -0.3 is 9.88 Å². The Bertz CT molecular complexity index is 1160. The number of halogens is 1. The number of ketones is 1. The first-order valence-corrected chi connectivity index (χ1v) is 9.70. The predicted molar refractivity (Wildman–Crippen MR) is 116 cm³/mol. The zero-order valence-electron chi connectivity index (χ0n) is 14.9. The number of carbonyl (C=O) groups is 1. The van der Waals surface area contributed by atoms with Crippen LogP contribution in [0.1, 0.15) is 17.3 Å². The summed E-state index contributed by atoms with van der Waals surface area (Å²) >= 11 is 3.38. The Morgan fingerprint density at radius 3 is 2.52 bits per heavy atom. The van der Waals surface area contributed by atoms with E-state index in [4.69, 9.17) is 0 Å². The molecular formula is C23H19BrN2O. The summed E-state index contributed by atoms with van der Waals surface area (Å²) in [5.74, 6) is -0.0290. The first-order valence-electron chi connectivity index (χ1n) is 8.91. The van der Waals surface area contributed by atoms with Crippen LogP contribution >= 0.6 is 15.9 Å². The molecule has 0 unspecified atom stereocenters. The van der Waals surface area contributed by atoms with E-state index in [1.807, 2.05) is 30.3 Å². The second-order valence-electron chi connectivity index (χ2n) is 6.34. The third kappa shape index (κ3) is 3.40. The minimum atomic E-state index is -0.0290. The monoisotopic (exact) mass is 418 g/mol. The highest BCUT2D eigenvalue weighted by atomic mass is 79.9. The fourth-order valence-corrected chi connectivity index (χ4v) is 3.67. The van der Waals surface area contributed by atoms with Crippen LogP contribution in [0.3, 0.4) is 0 Å². The van der Waals surface area contributed by atoms with Gasteiger partial charge in [0.1, 0.15) is 0 Å². The number of rotatable bonds is 5. The number of carbonyl (C=O) groups excluding carboxylic acids is 1. The highest BCUT2D eigenvalue weighted by molar-refractivity contribution is 9.10. The molecule has 0 aliphatic rings. The van der Waals surface area contributed by atoms with E-state index in [-0.39, 0.29) is 5.78 Å². The van der Waals surface area contributed by atoms with Gasteiger partial charge in [-0.3, -0.25) is 4.79 Å². The van der Waals surface area contributed by atoms with Crippen LogP contribution in [0.4, 0.5) is 5.69 Å². The molecule has 4 rings (SSSR count). The molecule has 1 aromatic heterocycles. The summed E-state index contributed by atoms with van der Waals surface area (Å²) in [5, 5.41) is 5.68. The van der Waals surface area contributed by atoms with Crippen molar-refractivity contribution >= 4 is 49.2 Å². The summed E-state index contributed by atoms with van der Waals surface area (Å²) in [6.07, 6.45) is 3.26. The van der Waals surface area contributed by atoms with Crippen LogP contribution in [-0.2, 0) is 6.54 Å². The maximum atomic E-state index is 12.2. The quantitative estimate of drug-likeness (QED) is 0.301. The molecule has 0 fully saturated rings. The molecule has 3 nitrogen and oxygen atoms in total. The van der Waals surface area contributed by atoms with Gasteiger partial charge >= 0.3 is 0 Å². The van der Waals surface area contributed by atoms with Crippen molar-refractivity contribution in [2.24, 2.45) is 0 Å². The van der Waals surface area contributed by atoms with E-state index in [2.05, 4.69) is 69.1 Å². The highest BCUT2D eigenvalue weighted by Gasteiger charge is 2.09. The van der Waals surface area contributed by atoms with Crippen molar-refractivity contribution in [1.29, 1.82) is 0 Å². The van der Waals surface area contributed by atoms with Gasteiger partial charge in [-0.25, -0.2) is 0 Å². The van der Waals surface area contributed by atoms with Crippen LogP contribution in [0.25, 0.3) is 21.8 Å². The van der Waals surface area contributed by atoms with E-state index < -0.39 is 0 Å². The summed E-state index contributed by atoms with van der Waals surface area (Å²) in [4.78, 5) is 12.2. The Kier molecular flexibility index (Phi) is 4.82. The molecule has 0 bridgehead atoms. The molecule has 4 heteroatoms. The van der Waals surface area contributed by atoms with Crippen LogP contribution < -0.4 is 5.32 Å². The summed E-state index contributed by atoms with van der Waals surface area (Å²) < 4.78 is 3.28. The number of benzene rings is 3. The largest absolute Gasteiger partial charge is 0.362 e. The van der Waals surface area contributed by atoms with Crippen molar-refractivity contribution in [1.82, 2.24) is 4.57 Å². The van der Waals surface area contributed by atoms with Gasteiger partial charge in [0.05, 0.1) is 0 Å². The maximum Gasteiger partial charge on any atom is 0.187 e. The number of nitrogens with zero attached hydrogens (tertiary/aromatic N) is 1. The van der Waals surface area contributed by atoms with Crippen molar-refractivity contribution in [3.8, 4) is 0 Å². The number of hydrogen-bond donors (Lipinski definition) is 1. The topological polar surface area (TPSA) is 34.0 Å². The lowest BCUT2D eigenvalue weighted by molar-refractivity contribution is 0.104. The SMILES string of the molecule is CCn1c2ccccc2c2cc(N/C=C/C(=O)c3ccc(Br)cc3)ccc21. The van der Waals surface area contributed by atoms with Gasteiger partial charge in [-0.05, 0) is 55.5 Å². The number of anilines is 1. The second-order valence-corrected chi connectivity index (χ2v) is 7.26. The lowest BCUT2D eigenvalue weighted by Gasteiger charge is -2.04. The van der Waals surface area contributed by atoms with E-state index in [0.29, 0.717) is 5.56 Å². The molecule has 0 aliphatic carbocycles. The van der Waals surface area contributed by atoms with Crippen molar-refractivity contribution in [3.63, 3.8) is 0 Å². The van der Waals surface area contributed by atoms with Gasteiger partial charge in [-0.2, -0.15) is 0 Å². The summed E-state index contributed by atoms with van der Waals surface area (Å²) in [6, 6.07) is 22.1. The van der Waals surface area contributed by atoms with Crippen molar-refractivity contribution in [2.45, 2.75) is 13.5 Å². The number of allylic oxidation sites excluding steroid dienone is 1. The predicted octanol–water partition coefficient (Wildman–Crippen LogP) is 6.39. The first-order chi connectivity index (χ1) is 13.2. The fraction of sp³-hybridized carbons (Fsp3) is 0.0870. The molecule has 1 N–H and O–H groups in total. The molecule has 0 amide bonds. The molecule has 0 saturated heterocycles. The van der Waals surface area contributed by atoms with Crippen molar-refractivity contribution in [3.05, 3.63) is 89.0 Å². The van der Waals surface area contributed by atoms with Crippen molar-refractivity contribution < 1.29 is 4.79 Å². The van der Waals surface area contributed by atoms with Crippen molar-refractivity contribution in [2.75, 3.05) is 5.32 Å². The Labute approximate surface area is 166 Å². The molecule has 4 aromatic rings. The first kappa shape index (κ1) is 17.6. The zero-order chi connectivity index (χ0) is 18.8. The van der Waals surface area contributed by atoms with Crippen LogP contribution in [0.2, 0.25) is 0 Å². The van der Waals surface area contributed by atoms with E-state index in [1.165, 1.54) is 21.8 Å². The number of hydrogen-bond acceptors (Lipinski definition) is 2. The number of aromatic nitrogens is 1. The maximum absolute atomic E-state index is 12.2. The van der Waals surface area contributed by atoms with Gasteiger partial charge in [-0.15, -0.1) is 0 Å². The van der Waals surface area contributed by atoms with Crippen LogP contribution in [0.15, 0.2) is 83.5 Å². The minimum Gasteiger partial charge on any atom is -0.362 e. The normalized spacial score (nSPS) is 11.5. The minimum absolute atomic E-state index is 0.0290. The van der Waals surface area contributed by atoms with Crippen LogP contribution in [0.5, 0.6) is 0 Å². The Morgan fingerprint density at radius 2 is 1.74 bits per heavy atom. The molecule has 0 spiro atoms. The summed E-state index contributed by atoms with van der Waals surface area (Å²) in [7, 11) is 0. The number of fused-ring (bicyclic) bond motifs is 3. The average molecular weight is 419 g/mol. The molecule has 0 atom stereocenters. The summed E-state index contributed by atoms with van der Waals surface area (Å²) in [6.45, 7) is 3.09. The molecule has 1 heterocycles. The molecule has 0 radical (unpaired) electrons. The number of nitrogens with one attached hydrogen (secondary N) is 1. The standard InChI is InChI=1S/C23H19BrN2O/c1-2-26-21-6-4-3-5-19(21)20-15-18(11-12-22(20)26)25-14-13-23(27)16-7-9-17(24)10-8-16/h3-15,25H,2H2,1H3/b14-13+. The van der Waals surface area contributed by atoms with Gasteiger partial charge in [0.25, 0.3) is 0 Å². The molecule has 0 aliphatic heterocycles. The smallest absolute Gasteiger partial charge is 0.187 e. The number of para-hydroxylation sites is 1. The van der Waals surface area contributed by atoms with Gasteiger partial charge in [0.15, 0.2) is 5.78 Å². The number of aryl methyl sites for hydroxylation is 1. The third-order valence-electron chi connectivity index (χ3n) is 4.70.